The molecule has 0 aliphatic carbocycles. The molecular weight excluding hydrogens is 356 g/mol. The molecule has 1 aromatic rings. The Kier molecular flexibility index (Phi) is 6.28. The van der Waals surface area contributed by atoms with Crippen LogP contribution in [0.15, 0.2) is 16.3 Å². The normalized spacial score (nSPS) is 21.7. The third-order valence-corrected chi connectivity index (χ3v) is 7.19. The van der Waals surface area contributed by atoms with E-state index < -0.39 is 0 Å². The largest absolute Gasteiger partial charge is 0.447 e. The SMILES string of the molecule is CCCCC1COC(=O)N1C1CCN(C(=O)c2ccc(SC)s2)CC1. The van der Waals surface area contributed by atoms with Crippen LogP contribution < -0.4 is 0 Å². The number of rotatable bonds is 6. The number of hydrogen-bond acceptors (Lipinski definition) is 5. The third kappa shape index (κ3) is 4.14. The van der Waals surface area contributed by atoms with Gasteiger partial charge < -0.3 is 9.64 Å². The first kappa shape index (κ1) is 18.6. The molecule has 1 unspecified atom stereocenters. The van der Waals surface area contributed by atoms with E-state index in [0.29, 0.717) is 19.7 Å². The molecule has 2 fully saturated rings. The molecule has 2 saturated heterocycles. The van der Waals surface area contributed by atoms with Gasteiger partial charge in [-0.05, 0) is 37.7 Å². The summed E-state index contributed by atoms with van der Waals surface area (Å²) in [5.74, 6) is 0.121. The molecule has 0 bridgehead atoms. The van der Waals surface area contributed by atoms with E-state index in [9.17, 15) is 9.59 Å². The van der Waals surface area contributed by atoms with Crippen LogP contribution in [0.1, 0.15) is 48.7 Å². The molecule has 2 amide bonds. The third-order valence-electron chi connectivity index (χ3n) is 5.03. The molecule has 7 heteroatoms. The van der Waals surface area contributed by atoms with Crippen LogP contribution in [0.5, 0.6) is 0 Å². The lowest BCUT2D eigenvalue weighted by molar-refractivity contribution is 0.0638. The number of cyclic esters (lactones) is 1. The zero-order valence-electron chi connectivity index (χ0n) is 14.9. The van der Waals surface area contributed by atoms with E-state index in [4.69, 9.17) is 4.74 Å². The van der Waals surface area contributed by atoms with E-state index in [1.54, 1.807) is 23.1 Å². The number of likely N-dealkylation sites (tertiary alicyclic amines) is 1. The number of unbranched alkanes of at least 4 members (excludes halogenated alkanes) is 1. The molecule has 2 aliphatic heterocycles. The Hall–Kier alpha value is -1.21. The predicted molar refractivity (Wildman–Crippen MR) is 102 cm³/mol. The summed E-state index contributed by atoms with van der Waals surface area (Å²) >= 11 is 3.23. The first-order chi connectivity index (χ1) is 12.1. The second-order valence-electron chi connectivity index (χ2n) is 6.63. The first-order valence-electron chi connectivity index (χ1n) is 9.02. The maximum atomic E-state index is 12.6. The second kappa shape index (κ2) is 8.45. The maximum Gasteiger partial charge on any atom is 0.410 e. The van der Waals surface area contributed by atoms with Crippen molar-refractivity contribution < 1.29 is 14.3 Å². The summed E-state index contributed by atoms with van der Waals surface area (Å²) in [6.45, 7) is 4.10. The highest BCUT2D eigenvalue weighted by Gasteiger charge is 2.39. The zero-order chi connectivity index (χ0) is 17.8. The van der Waals surface area contributed by atoms with Crippen molar-refractivity contribution in [2.75, 3.05) is 26.0 Å². The highest BCUT2D eigenvalue weighted by Crippen LogP contribution is 2.29. The Morgan fingerprint density at radius 2 is 2.12 bits per heavy atom. The lowest BCUT2D eigenvalue weighted by Gasteiger charge is -2.37. The van der Waals surface area contributed by atoms with E-state index in [2.05, 4.69) is 6.92 Å². The van der Waals surface area contributed by atoms with Crippen LogP contribution in [0.4, 0.5) is 4.79 Å². The predicted octanol–water partition coefficient (Wildman–Crippen LogP) is 4.09. The Morgan fingerprint density at radius 3 is 2.76 bits per heavy atom. The molecule has 3 heterocycles. The fourth-order valence-corrected chi connectivity index (χ4v) is 5.14. The summed E-state index contributed by atoms with van der Waals surface area (Å²) in [7, 11) is 0. The lowest BCUT2D eigenvalue weighted by atomic mass is 10.00. The first-order valence-corrected chi connectivity index (χ1v) is 11.1. The van der Waals surface area contributed by atoms with Crippen molar-refractivity contribution in [1.29, 1.82) is 0 Å². The van der Waals surface area contributed by atoms with Crippen molar-refractivity contribution in [2.24, 2.45) is 0 Å². The number of thioether (sulfide) groups is 1. The van der Waals surface area contributed by atoms with Gasteiger partial charge in [0.2, 0.25) is 0 Å². The summed E-state index contributed by atoms with van der Waals surface area (Å²) in [5, 5.41) is 0. The van der Waals surface area contributed by atoms with E-state index in [1.807, 2.05) is 28.2 Å². The van der Waals surface area contributed by atoms with E-state index in [0.717, 1.165) is 41.2 Å². The molecule has 3 rings (SSSR count). The van der Waals surface area contributed by atoms with Crippen molar-refractivity contribution in [3.8, 4) is 0 Å². The van der Waals surface area contributed by atoms with Crippen molar-refractivity contribution >= 4 is 35.1 Å². The number of thiophene rings is 1. The molecule has 0 aromatic carbocycles. The van der Waals surface area contributed by atoms with Crippen molar-refractivity contribution in [1.82, 2.24) is 9.80 Å². The van der Waals surface area contributed by atoms with Gasteiger partial charge >= 0.3 is 6.09 Å². The summed E-state index contributed by atoms with van der Waals surface area (Å²) in [6, 6.07) is 4.34. The van der Waals surface area contributed by atoms with Crippen LogP contribution in [-0.2, 0) is 4.74 Å². The van der Waals surface area contributed by atoms with Gasteiger partial charge in [-0.2, -0.15) is 0 Å². The highest BCUT2D eigenvalue weighted by molar-refractivity contribution is 8.00. The van der Waals surface area contributed by atoms with Crippen LogP contribution in [0.3, 0.4) is 0 Å². The minimum Gasteiger partial charge on any atom is -0.447 e. The van der Waals surface area contributed by atoms with Crippen molar-refractivity contribution in [3.05, 3.63) is 17.0 Å². The molecule has 2 aliphatic rings. The van der Waals surface area contributed by atoms with Crippen LogP contribution in [0, 0.1) is 0 Å². The number of hydrogen-bond donors (Lipinski definition) is 0. The molecule has 0 spiro atoms. The van der Waals surface area contributed by atoms with Gasteiger partial charge in [0.25, 0.3) is 5.91 Å². The lowest BCUT2D eigenvalue weighted by Crippen LogP contribution is -2.49. The molecular formula is C18H26N2O3S2. The molecule has 0 N–H and O–H groups in total. The minimum absolute atomic E-state index is 0.121. The topological polar surface area (TPSA) is 49.9 Å². The number of amides is 2. The van der Waals surface area contributed by atoms with Gasteiger partial charge in [-0.3, -0.25) is 9.69 Å². The second-order valence-corrected chi connectivity index (χ2v) is 8.82. The van der Waals surface area contributed by atoms with Crippen LogP contribution >= 0.6 is 23.1 Å². The molecule has 5 nitrogen and oxygen atoms in total. The Bertz CT molecular complexity index is 611. The maximum absolute atomic E-state index is 12.6. The summed E-state index contributed by atoms with van der Waals surface area (Å²) in [5.41, 5.74) is 0. The van der Waals surface area contributed by atoms with Gasteiger partial charge in [0, 0.05) is 19.1 Å². The Morgan fingerprint density at radius 1 is 1.36 bits per heavy atom. The van der Waals surface area contributed by atoms with E-state index in [-0.39, 0.29) is 24.1 Å². The monoisotopic (exact) mass is 382 g/mol. The summed E-state index contributed by atoms with van der Waals surface area (Å²) in [6.07, 6.45) is 6.78. The number of piperidine rings is 1. The van der Waals surface area contributed by atoms with Crippen molar-refractivity contribution in [2.45, 2.75) is 55.3 Å². The van der Waals surface area contributed by atoms with E-state index >= 15 is 0 Å². The molecule has 138 valence electrons. The van der Waals surface area contributed by atoms with Gasteiger partial charge in [-0.15, -0.1) is 23.1 Å². The average molecular weight is 383 g/mol. The molecule has 1 atom stereocenters. The average Bonchev–Trinajstić information content (AvgIpc) is 3.26. The zero-order valence-corrected chi connectivity index (χ0v) is 16.5. The van der Waals surface area contributed by atoms with Crippen LogP contribution in [0.25, 0.3) is 0 Å². The fraction of sp³-hybridized carbons (Fsp3) is 0.667. The Labute approximate surface area is 157 Å². The highest BCUT2D eigenvalue weighted by atomic mass is 32.2. The van der Waals surface area contributed by atoms with E-state index in [1.165, 1.54) is 0 Å². The standard InChI is InChI=1S/C18H26N2O3S2/c1-3-4-5-14-12-23-18(22)20(14)13-8-10-19(11-9-13)17(21)15-6-7-16(24-2)25-15/h6-7,13-14H,3-5,8-12H2,1-2H3. The van der Waals surface area contributed by atoms with Crippen LogP contribution in [-0.4, -0.2) is 59.8 Å². The molecule has 25 heavy (non-hydrogen) atoms. The Balaban J connectivity index is 1.57. The van der Waals surface area contributed by atoms with Gasteiger partial charge in [-0.1, -0.05) is 19.8 Å². The quantitative estimate of drug-likeness (QED) is 0.696. The number of carbonyl (C=O) groups is 2. The fourth-order valence-electron chi connectivity index (χ4n) is 3.63. The number of ether oxygens (including phenoxy) is 1. The number of carbonyl (C=O) groups excluding carboxylic acids is 2. The molecule has 1 aromatic heterocycles. The minimum atomic E-state index is -0.172. The van der Waals surface area contributed by atoms with Crippen molar-refractivity contribution in [3.63, 3.8) is 0 Å². The molecule has 0 radical (unpaired) electrons. The van der Waals surface area contributed by atoms with Gasteiger partial charge in [0.05, 0.1) is 15.1 Å². The summed E-state index contributed by atoms with van der Waals surface area (Å²) < 4.78 is 6.46. The van der Waals surface area contributed by atoms with Gasteiger partial charge in [0.15, 0.2) is 0 Å². The van der Waals surface area contributed by atoms with Gasteiger partial charge in [-0.25, -0.2) is 4.79 Å². The van der Waals surface area contributed by atoms with Crippen LogP contribution in [0.2, 0.25) is 0 Å². The number of nitrogens with zero attached hydrogens (tertiary/aromatic N) is 2. The summed E-state index contributed by atoms with van der Waals surface area (Å²) in [4.78, 5) is 29.5. The molecule has 0 saturated carbocycles. The smallest absolute Gasteiger partial charge is 0.410 e. The van der Waals surface area contributed by atoms with Gasteiger partial charge in [0.1, 0.15) is 6.61 Å².